The molecule has 2 rings (SSSR count). The van der Waals surface area contributed by atoms with Gasteiger partial charge in [-0.1, -0.05) is 6.42 Å². The number of carbonyl (C=O) groups excluding carboxylic acids is 1. The van der Waals surface area contributed by atoms with Gasteiger partial charge in [-0.15, -0.1) is 0 Å². The lowest BCUT2D eigenvalue weighted by Gasteiger charge is -2.35. The van der Waals surface area contributed by atoms with Gasteiger partial charge in [-0.05, 0) is 32.1 Å². The van der Waals surface area contributed by atoms with Gasteiger partial charge in [0, 0.05) is 32.2 Å². The molecule has 0 radical (unpaired) electrons. The fourth-order valence-corrected chi connectivity index (χ4v) is 3.18. The monoisotopic (exact) mass is 269 g/mol. The van der Waals surface area contributed by atoms with Crippen molar-refractivity contribution in [3.63, 3.8) is 0 Å². The minimum atomic E-state index is -0.758. The van der Waals surface area contributed by atoms with E-state index in [1.807, 2.05) is 11.9 Å². The van der Waals surface area contributed by atoms with Crippen LogP contribution in [-0.4, -0.2) is 48.2 Å². The summed E-state index contributed by atoms with van der Waals surface area (Å²) in [7, 11) is 1.85. The highest BCUT2D eigenvalue weighted by atomic mass is 16.5. The van der Waals surface area contributed by atoms with Crippen LogP contribution in [0.25, 0.3) is 0 Å². The van der Waals surface area contributed by atoms with Crippen LogP contribution >= 0.6 is 0 Å². The zero-order valence-electron chi connectivity index (χ0n) is 11.5. The molecule has 2 fully saturated rings. The van der Waals surface area contributed by atoms with Crippen LogP contribution in [0, 0.1) is 11.8 Å². The molecule has 0 spiro atoms. The molecule has 2 aliphatic rings. The fourth-order valence-electron chi connectivity index (χ4n) is 3.18. The third kappa shape index (κ3) is 3.47. The van der Waals surface area contributed by atoms with Crippen LogP contribution in [0.2, 0.25) is 0 Å². The number of ether oxygens (including phenoxy) is 1. The molecule has 1 N–H and O–H groups in total. The van der Waals surface area contributed by atoms with Crippen LogP contribution in [-0.2, 0) is 14.3 Å². The molecular formula is C14H23NO4. The standard InChI is InChI=1S/C14H23NO4/c1-15(12-5-7-19-8-6-12)13(16)10-3-2-4-11(9-10)14(17)18/h10-12H,2-9H2,1H3,(H,17,18). The summed E-state index contributed by atoms with van der Waals surface area (Å²) >= 11 is 0. The Morgan fingerprint density at radius 2 is 1.74 bits per heavy atom. The molecule has 0 aromatic heterocycles. The molecule has 1 aliphatic carbocycles. The quantitative estimate of drug-likeness (QED) is 0.843. The Morgan fingerprint density at radius 1 is 1.11 bits per heavy atom. The van der Waals surface area contributed by atoms with Crippen LogP contribution < -0.4 is 0 Å². The smallest absolute Gasteiger partial charge is 0.306 e. The average molecular weight is 269 g/mol. The van der Waals surface area contributed by atoms with Crippen molar-refractivity contribution in [2.45, 2.75) is 44.6 Å². The summed E-state index contributed by atoms with van der Waals surface area (Å²) in [6.45, 7) is 1.43. The first-order chi connectivity index (χ1) is 9.09. The van der Waals surface area contributed by atoms with E-state index in [9.17, 15) is 9.59 Å². The van der Waals surface area contributed by atoms with E-state index in [0.717, 1.165) is 25.7 Å². The molecule has 0 aromatic carbocycles. The Kier molecular flexibility index (Phi) is 4.80. The van der Waals surface area contributed by atoms with Gasteiger partial charge in [-0.3, -0.25) is 9.59 Å². The van der Waals surface area contributed by atoms with E-state index in [-0.39, 0.29) is 23.8 Å². The molecular weight excluding hydrogens is 246 g/mol. The minimum Gasteiger partial charge on any atom is -0.481 e. The maximum Gasteiger partial charge on any atom is 0.306 e. The molecule has 1 saturated carbocycles. The molecule has 5 nitrogen and oxygen atoms in total. The van der Waals surface area contributed by atoms with Gasteiger partial charge in [-0.25, -0.2) is 0 Å². The van der Waals surface area contributed by atoms with Crippen molar-refractivity contribution in [1.29, 1.82) is 0 Å². The maximum absolute atomic E-state index is 12.5. The highest BCUT2D eigenvalue weighted by Crippen LogP contribution is 2.31. The maximum atomic E-state index is 12.5. The first-order valence-corrected chi connectivity index (χ1v) is 7.17. The largest absolute Gasteiger partial charge is 0.481 e. The van der Waals surface area contributed by atoms with Gasteiger partial charge in [0.25, 0.3) is 0 Å². The van der Waals surface area contributed by atoms with Gasteiger partial charge < -0.3 is 14.7 Å². The predicted molar refractivity (Wildman–Crippen MR) is 69.7 cm³/mol. The highest BCUT2D eigenvalue weighted by molar-refractivity contribution is 5.80. The van der Waals surface area contributed by atoms with Gasteiger partial charge in [0.2, 0.25) is 5.91 Å². The summed E-state index contributed by atoms with van der Waals surface area (Å²) in [5.41, 5.74) is 0. The molecule has 108 valence electrons. The van der Waals surface area contributed by atoms with Crippen molar-refractivity contribution >= 4 is 11.9 Å². The van der Waals surface area contributed by atoms with Crippen molar-refractivity contribution in [2.75, 3.05) is 20.3 Å². The van der Waals surface area contributed by atoms with E-state index in [0.29, 0.717) is 26.1 Å². The summed E-state index contributed by atoms with van der Waals surface area (Å²) in [6.07, 6.45) is 4.65. The van der Waals surface area contributed by atoms with Crippen LogP contribution in [0.4, 0.5) is 0 Å². The van der Waals surface area contributed by atoms with E-state index < -0.39 is 5.97 Å². The van der Waals surface area contributed by atoms with Crippen molar-refractivity contribution < 1.29 is 19.4 Å². The number of hydrogen-bond acceptors (Lipinski definition) is 3. The van der Waals surface area contributed by atoms with Crippen LogP contribution in [0.3, 0.4) is 0 Å². The molecule has 1 amide bonds. The Balaban J connectivity index is 1.92. The molecule has 1 heterocycles. The number of rotatable bonds is 3. The summed E-state index contributed by atoms with van der Waals surface area (Å²) in [6, 6.07) is 0.256. The first kappa shape index (κ1) is 14.3. The number of hydrogen-bond donors (Lipinski definition) is 1. The fraction of sp³-hybridized carbons (Fsp3) is 0.857. The lowest BCUT2D eigenvalue weighted by Crippen LogP contribution is -2.44. The molecule has 19 heavy (non-hydrogen) atoms. The van der Waals surface area contributed by atoms with Crippen molar-refractivity contribution in [3.05, 3.63) is 0 Å². The van der Waals surface area contributed by atoms with Crippen molar-refractivity contribution in [1.82, 2.24) is 4.90 Å². The molecule has 2 atom stereocenters. The normalized spacial score (nSPS) is 28.9. The second-order valence-electron chi connectivity index (χ2n) is 5.69. The molecule has 5 heteroatoms. The van der Waals surface area contributed by atoms with Crippen molar-refractivity contribution in [3.8, 4) is 0 Å². The predicted octanol–water partition coefficient (Wildman–Crippen LogP) is 1.51. The van der Waals surface area contributed by atoms with Crippen LogP contribution in [0.1, 0.15) is 38.5 Å². The Hall–Kier alpha value is -1.10. The SMILES string of the molecule is CN(C(=O)C1CCCC(C(=O)O)C1)C1CCOCC1. The molecule has 0 bridgehead atoms. The lowest BCUT2D eigenvalue weighted by atomic mass is 9.80. The average Bonchev–Trinajstić information content (AvgIpc) is 2.46. The number of nitrogens with zero attached hydrogens (tertiary/aromatic N) is 1. The molecule has 1 saturated heterocycles. The molecule has 0 aromatic rings. The van der Waals surface area contributed by atoms with E-state index >= 15 is 0 Å². The zero-order valence-corrected chi connectivity index (χ0v) is 11.5. The van der Waals surface area contributed by atoms with Crippen LogP contribution in [0.5, 0.6) is 0 Å². The summed E-state index contributed by atoms with van der Waals surface area (Å²) in [5.74, 6) is -1.09. The molecule has 2 unspecified atom stereocenters. The second-order valence-corrected chi connectivity index (χ2v) is 5.69. The van der Waals surface area contributed by atoms with Crippen LogP contribution in [0.15, 0.2) is 0 Å². The highest BCUT2D eigenvalue weighted by Gasteiger charge is 2.34. The summed E-state index contributed by atoms with van der Waals surface area (Å²) in [4.78, 5) is 25.3. The Labute approximate surface area is 113 Å². The second kappa shape index (κ2) is 6.37. The molecule has 1 aliphatic heterocycles. The van der Waals surface area contributed by atoms with E-state index in [1.54, 1.807) is 0 Å². The van der Waals surface area contributed by atoms with Gasteiger partial charge in [0.1, 0.15) is 0 Å². The number of carboxylic acid groups (broad SMARTS) is 1. The zero-order chi connectivity index (χ0) is 13.8. The van der Waals surface area contributed by atoms with E-state index in [2.05, 4.69) is 0 Å². The number of amides is 1. The van der Waals surface area contributed by atoms with E-state index in [4.69, 9.17) is 9.84 Å². The first-order valence-electron chi connectivity index (χ1n) is 7.17. The third-order valence-electron chi connectivity index (χ3n) is 4.46. The van der Waals surface area contributed by atoms with Gasteiger partial charge >= 0.3 is 5.97 Å². The number of carbonyl (C=O) groups is 2. The topological polar surface area (TPSA) is 66.8 Å². The Bertz CT molecular complexity index is 338. The summed E-state index contributed by atoms with van der Waals surface area (Å²) in [5, 5.41) is 9.08. The van der Waals surface area contributed by atoms with Crippen molar-refractivity contribution in [2.24, 2.45) is 11.8 Å². The van der Waals surface area contributed by atoms with E-state index in [1.165, 1.54) is 0 Å². The van der Waals surface area contributed by atoms with Gasteiger partial charge in [-0.2, -0.15) is 0 Å². The Morgan fingerprint density at radius 3 is 2.37 bits per heavy atom. The summed E-state index contributed by atoms with van der Waals surface area (Å²) < 4.78 is 5.31. The number of aliphatic carboxylic acids is 1. The minimum absolute atomic E-state index is 0.109. The number of carboxylic acids is 1. The van der Waals surface area contributed by atoms with Gasteiger partial charge in [0.05, 0.1) is 5.92 Å². The lowest BCUT2D eigenvalue weighted by molar-refractivity contribution is -0.146. The third-order valence-corrected chi connectivity index (χ3v) is 4.46. The van der Waals surface area contributed by atoms with Gasteiger partial charge in [0.15, 0.2) is 0 Å².